The Labute approximate surface area is 160 Å². The van der Waals surface area contributed by atoms with Crippen molar-refractivity contribution in [1.82, 2.24) is 9.55 Å². The van der Waals surface area contributed by atoms with E-state index >= 15 is 0 Å². The first-order chi connectivity index (χ1) is 12.3. The maximum Gasteiger partial charge on any atom is 0.261 e. The van der Waals surface area contributed by atoms with Gasteiger partial charge in [0.2, 0.25) is 5.91 Å². The molecule has 1 heterocycles. The minimum atomic E-state index is -0.141. The molecule has 0 N–H and O–H groups in total. The lowest BCUT2D eigenvalue weighted by atomic mass is 10.1. The van der Waals surface area contributed by atoms with Gasteiger partial charge in [0.15, 0.2) is 0 Å². The summed E-state index contributed by atoms with van der Waals surface area (Å²) in [5, 5.41) is 0.539. The van der Waals surface area contributed by atoms with E-state index in [1.54, 1.807) is 24.1 Å². The summed E-state index contributed by atoms with van der Waals surface area (Å²) >= 11 is 3.37. The molecule has 1 aromatic heterocycles. The van der Waals surface area contributed by atoms with Crippen molar-refractivity contribution in [2.45, 2.75) is 26.8 Å². The van der Waals surface area contributed by atoms with Gasteiger partial charge in [0.05, 0.1) is 17.2 Å². The van der Waals surface area contributed by atoms with E-state index in [0.717, 1.165) is 21.3 Å². The molecular formula is C20H20BrN3O2. The Morgan fingerprint density at radius 2 is 1.85 bits per heavy atom. The third-order valence-electron chi connectivity index (χ3n) is 4.32. The Hall–Kier alpha value is -2.47. The molecule has 5 nitrogen and oxygen atoms in total. The zero-order chi connectivity index (χ0) is 18.8. The fraction of sp³-hybridized carbons (Fsp3) is 0.250. The number of carbonyl (C=O) groups excluding carboxylic acids is 1. The van der Waals surface area contributed by atoms with E-state index in [-0.39, 0.29) is 17.9 Å². The molecule has 0 fully saturated rings. The van der Waals surface area contributed by atoms with Crippen LogP contribution >= 0.6 is 15.9 Å². The number of nitrogens with zero attached hydrogens (tertiary/aromatic N) is 3. The summed E-state index contributed by atoms with van der Waals surface area (Å²) < 4.78 is 2.31. The standard InChI is InChI=1S/C20H20BrN3O2/c1-13-8-14(2)10-16(9-13)23(3)19(25)6-7-24-12-22-18-5-4-15(21)11-17(18)20(24)26/h4-5,8-12H,6-7H2,1-3H3. The van der Waals surface area contributed by atoms with Crippen LogP contribution in [0.3, 0.4) is 0 Å². The van der Waals surface area contributed by atoms with Crippen LogP contribution < -0.4 is 10.5 Å². The van der Waals surface area contributed by atoms with Crippen LogP contribution in [0.25, 0.3) is 10.9 Å². The molecule has 0 saturated carbocycles. The van der Waals surface area contributed by atoms with E-state index in [4.69, 9.17) is 0 Å². The highest BCUT2D eigenvalue weighted by molar-refractivity contribution is 9.10. The first-order valence-corrected chi connectivity index (χ1v) is 9.14. The molecule has 0 aliphatic rings. The van der Waals surface area contributed by atoms with Crippen LogP contribution in [0.5, 0.6) is 0 Å². The SMILES string of the molecule is Cc1cc(C)cc(N(C)C(=O)CCn2cnc3ccc(Br)cc3c2=O)c1. The summed E-state index contributed by atoms with van der Waals surface area (Å²) in [6.45, 7) is 4.31. The maximum atomic E-state index is 12.6. The van der Waals surface area contributed by atoms with Gasteiger partial charge in [-0.2, -0.15) is 0 Å². The predicted molar refractivity (Wildman–Crippen MR) is 108 cm³/mol. The Bertz CT molecular complexity index is 1020. The van der Waals surface area contributed by atoms with Crippen molar-refractivity contribution in [2.24, 2.45) is 0 Å². The number of aryl methyl sites for hydroxylation is 3. The molecule has 0 bridgehead atoms. The van der Waals surface area contributed by atoms with Crippen LogP contribution in [-0.4, -0.2) is 22.5 Å². The fourth-order valence-corrected chi connectivity index (χ4v) is 3.32. The topological polar surface area (TPSA) is 55.2 Å². The third-order valence-corrected chi connectivity index (χ3v) is 4.81. The molecule has 2 aromatic carbocycles. The van der Waals surface area contributed by atoms with Gasteiger partial charge in [-0.15, -0.1) is 0 Å². The average Bonchev–Trinajstić information content (AvgIpc) is 2.60. The van der Waals surface area contributed by atoms with Crippen molar-refractivity contribution >= 4 is 38.4 Å². The molecule has 3 rings (SSSR count). The number of aromatic nitrogens is 2. The molecule has 1 amide bonds. The number of fused-ring (bicyclic) bond motifs is 1. The summed E-state index contributed by atoms with van der Waals surface area (Å²) in [5.74, 6) is -0.0451. The van der Waals surface area contributed by atoms with Gasteiger partial charge in [0.25, 0.3) is 5.56 Å². The van der Waals surface area contributed by atoms with Crippen molar-refractivity contribution < 1.29 is 4.79 Å². The Balaban J connectivity index is 1.78. The minimum absolute atomic E-state index is 0.0451. The van der Waals surface area contributed by atoms with Crippen molar-refractivity contribution in [2.75, 3.05) is 11.9 Å². The lowest BCUT2D eigenvalue weighted by molar-refractivity contribution is -0.118. The summed E-state index contributed by atoms with van der Waals surface area (Å²) in [4.78, 5) is 31.1. The quantitative estimate of drug-likeness (QED) is 0.652. The Morgan fingerprint density at radius 3 is 2.54 bits per heavy atom. The zero-order valence-corrected chi connectivity index (χ0v) is 16.6. The number of halogens is 1. The summed E-state index contributed by atoms with van der Waals surface area (Å²) in [7, 11) is 1.76. The second-order valence-corrected chi connectivity index (χ2v) is 7.37. The van der Waals surface area contributed by atoms with Gasteiger partial charge in [-0.05, 0) is 55.3 Å². The van der Waals surface area contributed by atoms with Crippen LogP contribution in [0.2, 0.25) is 0 Å². The van der Waals surface area contributed by atoms with Gasteiger partial charge in [-0.25, -0.2) is 4.98 Å². The normalized spacial score (nSPS) is 10.9. The van der Waals surface area contributed by atoms with E-state index in [1.165, 1.54) is 10.9 Å². The average molecular weight is 414 g/mol. The molecule has 6 heteroatoms. The highest BCUT2D eigenvalue weighted by Gasteiger charge is 2.13. The van der Waals surface area contributed by atoms with Gasteiger partial charge >= 0.3 is 0 Å². The number of benzene rings is 2. The molecule has 0 saturated heterocycles. The molecule has 0 radical (unpaired) electrons. The van der Waals surface area contributed by atoms with E-state index in [1.807, 2.05) is 32.0 Å². The summed E-state index contributed by atoms with van der Waals surface area (Å²) in [5.41, 5.74) is 3.59. The minimum Gasteiger partial charge on any atom is -0.315 e. The van der Waals surface area contributed by atoms with Crippen LogP contribution in [0.1, 0.15) is 17.5 Å². The van der Waals surface area contributed by atoms with Crippen LogP contribution in [0.4, 0.5) is 5.69 Å². The molecule has 0 atom stereocenters. The van der Waals surface area contributed by atoms with Crippen molar-refractivity contribution in [3.63, 3.8) is 0 Å². The molecule has 0 aliphatic heterocycles. The zero-order valence-electron chi connectivity index (χ0n) is 15.0. The van der Waals surface area contributed by atoms with Gasteiger partial charge in [0, 0.05) is 30.2 Å². The number of rotatable bonds is 4. The molecule has 0 aliphatic carbocycles. The molecule has 0 unspecified atom stereocenters. The largest absolute Gasteiger partial charge is 0.315 e. The van der Waals surface area contributed by atoms with E-state index in [2.05, 4.69) is 27.0 Å². The number of amides is 1. The number of hydrogen-bond acceptors (Lipinski definition) is 3. The van der Waals surface area contributed by atoms with Gasteiger partial charge in [-0.3, -0.25) is 14.2 Å². The van der Waals surface area contributed by atoms with Crippen LogP contribution in [-0.2, 0) is 11.3 Å². The van der Waals surface area contributed by atoms with E-state index in [9.17, 15) is 9.59 Å². The third kappa shape index (κ3) is 3.85. The number of anilines is 1. The number of carbonyl (C=O) groups is 1. The summed E-state index contributed by atoms with van der Waals surface area (Å²) in [6.07, 6.45) is 1.73. The van der Waals surface area contributed by atoms with E-state index < -0.39 is 0 Å². The fourth-order valence-electron chi connectivity index (χ4n) is 2.96. The van der Waals surface area contributed by atoms with Gasteiger partial charge in [0.1, 0.15) is 0 Å². The van der Waals surface area contributed by atoms with E-state index in [0.29, 0.717) is 17.4 Å². The Morgan fingerprint density at radius 1 is 1.15 bits per heavy atom. The smallest absolute Gasteiger partial charge is 0.261 e. The molecular weight excluding hydrogens is 394 g/mol. The number of hydrogen-bond donors (Lipinski definition) is 0. The van der Waals surface area contributed by atoms with Gasteiger partial charge < -0.3 is 4.90 Å². The highest BCUT2D eigenvalue weighted by Crippen LogP contribution is 2.18. The van der Waals surface area contributed by atoms with Crippen molar-refractivity contribution in [3.05, 3.63) is 68.7 Å². The molecule has 26 heavy (non-hydrogen) atoms. The van der Waals surface area contributed by atoms with Crippen LogP contribution in [0, 0.1) is 13.8 Å². The first kappa shape index (κ1) is 18.3. The Kier molecular flexibility index (Phi) is 5.23. The monoisotopic (exact) mass is 413 g/mol. The lowest BCUT2D eigenvalue weighted by Crippen LogP contribution is -2.29. The second-order valence-electron chi connectivity index (χ2n) is 6.45. The lowest BCUT2D eigenvalue weighted by Gasteiger charge is -2.19. The summed E-state index contributed by atoms with van der Waals surface area (Å²) in [6, 6.07) is 11.4. The first-order valence-electron chi connectivity index (χ1n) is 8.35. The molecule has 134 valence electrons. The maximum absolute atomic E-state index is 12.6. The van der Waals surface area contributed by atoms with Gasteiger partial charge in [-0.1, -0.05) is 22.0 Å². The predicted octanol–water partition coefficient (Wildman–Crippen LogP) is 3.83. The van der Waals surface area contributed by atoms with Crippen LogP contribution in [0.15, 0.2) is 52.0 Å². The molecule has 3 aromatic rings. The van der Waals surface area contributed by atoms with Crippen molar-refractivity contribution in [3.8, 4) is 0 Å². The van der Waals surface area contributed by atoms with Crippen molar-refractivity contribution in [1.29, 1.82) is 0 Å². The highest BCUT2D eigenvalue weighted by atomic mass is 79.9. The molecule has 0 spiro atoms. The second kappa shape index (κ2) is 7.41.